The van der Waals surface area contributed by atoms with Gasteiger partial charge in [-0.05, 0) is 103 Å². The Morgan fingerprint density at radius 3 is 2.38 bits per heavy atom. The van der Waals surface area contributed by atoms with Crippen molar-refractivity contribution in [1.82, 2.24) is 20.1 Å². The quantitative estimate of drug-likeness (QED) is 0.217. The van der Waals surface area contributed by atoms with E-state index in [1.165, 1.54) is 57.4 Å². The standard InChI is InChI=1S/C32H44N6OS/c1-23-13-14-29(24(2)19-23)39-30-12-6-5-11-27(30)28-22-40-32(35-28)36-31(33-25(3)20-37-15-7-8-16-37)34-26(4)21-38-17-9-10-18-38/h5-6,11-14,19,22,25-26H,7-10,15-18,20-21H2,1-4H3,(H2,33,34,35,36). The molecule has 2 saturated heterocycles. The van der Waals surface area contributed by atoms with Crippen molar-refractivity contribution in [1.29, 1.82) is 0 Å². The number of rotatable bonds is 10. The Labute approximate surface area is 243 Å². The third-order valence-electron chi connectivity index (χ3n) is 7.63. The number of thiazole rings is 1. The van der Waals surface area contributed by atoms with Crippen LogP contribution in [0.5, 0.6) is 11.5 Å². The van der Waals surface area contributed by atoms with Gasteiger partial charge >= 0.3 is 0 Å². The van der Waals surface area contributed by atoms with Gasteiger partial charge in [0.2, 0.25) is 0 Å². The molecule has 0 aliphatic carbocycles. The molecule has 3 heterocycles. The molecule has 7 nitrogen and oxygen atoms in total. The molecule has 3 aromatic rings. The summed E-state index contributed by atoms with van der Waals surface area (Å²) in [5.74, 6) is 2.47. The van der Waals surface area contributed by atoms with Gasteiger partial charge in [-0.3, -0.25) is 0 Å². The largest absolute Gasteiger partial charge is 0.456 e. The second-order valence-electron chi connectivity index (χ2n) is 11.4. The summed E-state index contributed by atoms with van der Waals surface area (Å²) in [4.78, 5) is 15.1. The summed E-state index contributed by atoms with van der Waals surface area (Å²) in [6, 6.07) is 14.9. The lowest BCUT2D eigenvalue weighted by atomic mass is 10.1. The Hall–Kier alpha value is -2.94. The Balaban J connectivity index is 1.31. The number of nitrogens with one attached hydrogen (secondary N) is 2. The molecule has 1 aromatic heterocycles. The van der Waals surface area contributed by atoms with Gasteiger partial charge in [-0.2, -0.15) is 0 Å². The van der Waals surface area contributed by atoms with Crippen molar-refractivity contribution >= 4 is 22.4 Å². The second-order valence-corrected chi connectivity index (χ2v) is 12.3. The zero-order valence-electron chi connectivity index (χ0n) is 24.4. The van der Waals surface area contributed by atoms with Crippen LogP contribution in [0.25, 0.3) is 11.3 Å². The molecule has 2 aliphatic rings. The summed E-state index contributed by atoms with van der Waals surface area (Å²) in [6.45, 7) is 15.4. The van der Waals surface area contributed by atoms with Crippen LogP contribution in [0.15, 0.2) is 52.8 Å². The summed E-state index contributed by atoms with van der Waals surface area (Å²) < 4.78 is 6.37. The predicted molar refractivity (Wildman–Crippen MR) is 168 cm³/mol. The SMILES string of the molecule is Cc1ccc(Oc2ccccc2-c2csc(NC(=NC(C)CN3CCCC3)NC(C)CN3CCCC3)n2)c(C)c1. The van der Waals surface area contributed by atoms with Crippen molar-refractivity contribution in [2.75, 3.05) is 44.6 Å². The van der Waals surface area contributed by atoms with Gasteiger partial charge in [-0.15, -0.1) is 11.3 Å². The van der Waals surface area contributed by atoms with Crippen LogP contribution in [0.2, 0.25) is 0 Å². The average Bonchev–Trinajstić information content (AvgIpc) is 3.70. The van der Waals surface area contributed by atoms with Crippen LogP contribution in [0, 0.1) is 13.8 Å². The molecule has 2 N–H and O–H groups in total. The fourth-order valence-corrected chi connectivity index (χ4v) is 6.40. The first-order chi connectivity index (χ1) is 19.4. The minimum absolute atomic E-state index is 0.193. The second kappa shape index (κ2) is 13.6. The zero-order valence-corrected chi connectivity index (χ0v) is 25.3. The summed E-state index contributed by atoms with van der Waals surface area (Å²) in [6.07, 6.45) is 5.19. The molecule has 8 heteroatoms. The highest BCUT2D eigenvalue weighted by Gasteiger charge is 2.19. The maximum absolute atomic E-state index is 6.37. The number of aromatic nitrogens is 1. The van der Waals surface area contributed by atoms with E-state index in [1.807, 2.05) is 24.3 Å². The monoisotopic (exact) mass is 560 g/mol. The normalized spacial score (nSPS) is 18.1. The predicted octanol–water partition coefficient (Wildman–Crippen LogP) is 6.55. The molecular formula is C32H44N6OS. The number of para-hydroxylation sites is 1. The van der Waals surface area contributed by atoms with Crippen LogP contribution in [-0.2, 0) is 0 Å². The highest BCUT2D eigenvalue weighted by molar-refractivity contribution is 7.14. The highest BCUT2D eigenvalue weighted by Crippen LogP contribution is 2.36. The Morgan fingerprint density at radius 1 is 0.950 bits per heavy atom. The number of hydrogen-bond donors (Lipinski definition) is 2. The number of nitrogens with zero attached hydrogens (tertiary/aromatic N) is 4. The van der Waals surface area contributed by atoms with Crippen LogP contribution in [0.1, 0.15) is 50.7 Å². The molecular weight excluding hydrogens is 516 g/mol. The summed E-state index contributed by atoms with van der Waals surface area (Å²) in [7, 11) is 0. The van der Waals surface area contributed by atoms with Gasteiger partial charge in [0, 0.05) is 30.1 Å². The number of hydrogen-bond acceptors (Lipinski definition) is 6. The summed E-state index contributed by atoms with van der Waals surface area (Å²) in [5.41, 5.74) is 4.21. The lowest BCUT2D eigenvalue weighted by Gasteiger charge is -2.24. The van der Waals surface area contributed by atoms with Gasteiger partial charge in [0.15, 0.2) is 11.1 Å². The van der Waals surface area contributed by atoms with Crippen molar-refractivity contribution in [2.24, 2.45) is 4.99 Å². The number of anilines is 1. The van der Waals surface area contributed by atoms with E-state index in [1.54, 1.807) is 11.3 Å². The number of ether oxygens (including phenoxy) is 1. The van der Waals surface area contributed by atoms with E-state index >= 15 is 0 Å². The fourth-order valence-electron chi connectivity index (χ4n) is 5.69. The Morgan fingerprint density at radius 2 is 1.65 bits per heavy atom. The van der Waals surface area contributed by atoms with Crippen LogP contribution >= 0.6 is 11.3 Å². The first-order valence-corrected chi connectivity index (χ1v) is 15.7. The molecule has 214 valence electrons. The number of aryl methyl sites for hydroxylation is 2. The molecule has 0 amide bonds. The number of likely N-dealkylation sites (tertiary alicyclic amines) is 2. The van der Waals surface area contributed by atoms with E-state index in [4.69, 9.17) is 14.7 Å². The van der Waals surface area contributed by atoms with Crippen molar-refractivity contribution in [3.63, 3.8) is 0 Å². The van der Waals surface area contributed by atoms with E-state index in [0.717, 1.165) is 52.5 Å². The molecule has 5 rings (SSSR count). The number of guanidine groups is 1. The summed E-state index contributed by atoms with van der Waals surface area (Å²) in [5, 5.41) is 10.1. The molecule has 2 fully saturated rings. The van der Waals surface area contributed by atoms with Crippen molar-refractivity contribution in [2.45, 2.75) is 65.5 Å². The van der Waals surface area contributed by atoms with Crippen LogP contribution in [0.4, 0.5) is 5.13 Å². The smallest absolute Gasteiger partial charge is 0.198 e. The van der Waals surface area contributed by atoms with Gasteiger partial charge in [0.05, 0.1) is 11.7 Å². The molecule has 2 unspecified atom stereocenters. The van der Waals surface area contributed by atoms with Gasteiger partial charge in [-0.25, -0.2) is 9.98 Å². The molecule has 0 spiro atoms. The molecule has 2 aromatic carbocycles. The third-order valence-corrected chi connectivity index (χ3v) is 8.39. The molecule has 0 saturated carbocycles. The van der Waals surface area contributed by atoms with Gasteiger partial charge in [-0.1, -0.05) is 29.8 Å². The van der Waals surface area contributed by atoms with Crippen LogP contribution in [0.3, 0.4) is 0 Å². The van der Waals surface area contributed by atoms with Crippen LogP contribution in [-0.4, -0.2) is 72.1 Å². The minimum atomic E-state index is 0.193. The minimum Gasteiger partial charge on any atom is -0.456 e. The van der Waals surface area contributed by atoms with Crippen LogP contribution < -0.4 is 15.4 Å². The first-order valence-electron chi connectivity index (χ1n) is 14.8. The van der Waals surface area contributed by atoms with Gasteiger partial charge < -0.3 is 25.2 Å². The topological polar surface area (TPSA) is 65.0 Å². The van der Waals surface area contributed by atoms with E-state index in [9.17, 15) is 0 Å². The van der Waals surface area contributed by atoms with E-state index in [2.05, 4.69) is 71.7 Å². The lowest BCUT2D eigenvalue weighted by molar-refractivity contribution is 0.310. The molecule has 2 aliphatic heterocycles. The van der Waals surface area contributed by atoms with Crippen molar-refractivity contribution in [3.05, 3.63) is 59.0 Å². The third kappa shape index (κ3) is 7.83. The first kappa shape index (κ1) is 28.6. The summed E-state index contributed by atoms with van der Waals surface area (Å²) >= 11 is 1.59. The fraction of sp³-hybridized carbons (Fsp3) is 0.500. The van der Waals surface area contributed by atoms with E-state index < -0.39 is 0 Å². The van der Waals surface area contributed by atoms with Crippen molar-refractivity contribution in [3.8, 4) is 22.8 Å². The number of benzene rings is 2. The van der Waals surface area contributed by atoms with Gasteiger partial charge in [0.1, 0.15) is 11.5 Å². The molecule has 0 radical (unpaired) electrons. The van der Waals surface area contributed by atoms with Crippen molar-refractivity contribution < 1.29 is 4.74 Å². The van der Waals surface area contributed by atoms with E-state index in [0.29, 0.717) is 0 Å². The maximum Gasteiger partial charge on any atom is 0.198 e. The maximum atomic E-state index is 6.37. The molecule has 40 heavy (non-hydrogen) atoms. The highest BCUT2D eigenvalue weighted by atomic mass is 32.1. The Kier molecular flexibility index (Phi) is 9.73. The van der Waals surface area contributed by atoms with Gasteiger partial charge in [0.25, 0.3) is 0 Å². The zero-order chi connectivity index (χ0) is 27.9. The molecule has 0 bridgehead atoms. The number of aliphatic imine (C=N–C) groups is 1. The average molecular weight is 561 g/mol. The van der Waals surface area contributed by atoms with E-state index in [-0.39, 0.29) is 12.1 Å². The Bertz CT molecular complexity index is 1280. The molecule has 2 atom stereocenters. The lowest BCUT2D eigenvalue weighted by Crippen LogP contribution is -2.44.